The van der Waals surface area contributed by atoms with E-state index in [0.717, 1.165) is 11.8 Å². The van der Waals surface area contributed by atoms with E-state index >= 15 is 0 Å². The van der Waals surface area contributed by atoms with Crippen LogP contribution in [0.15, 0.2) is 54.6 Å². The van der Waals surface area contributed by atoms with E-state index in [0.29, 0.717) is 0 Å². The third-order valence-corrected chi connectivity index (χ3v) is 2.75. The fraction of sp³-hybridized carbons (Fsp3) is 0.133. The summed E-state index contributed by atoms with van der Waals surface area (Å²) in [6.07, 6.45) is 0.970. The molecule has 0 aliphatic rings. The van der Waals surface area contributed by atoms with Crippen molar-refractivity contribution in [3.8, 4) is 11.1 Å². The fourth-order valence-electron chi connectivity index (χ4n) is 1.69. The van der Waals surface area contributed by atoms with Crippen LogP contribution in [0.4, 0.5) is 0 Å². The topological polar surface area (TPSA) is 17.1 Å². The molecule has 16 heavy (non-hydrogen) atoms. The highest BCUT2D eigenvalue weighted by Gasteiger charge is 2.03. The van der Waals surface area contributed by atoms with Gasteiger partial charge in [0.2, 0.25) is 0 Å². The summed E-state index contributed by atoms with van der Waals surface area (Å²) in [4.78, 5) is 10.7. The lowest BCUT2D eigenvalue weighted by Crippen LogP contribution is -1.93. The summed E-state index contributed by atoms with van der Waals surface area (Å²) < 4.78 is 0. The Bertz CT molecular complexity index is 457. The Kier molecular flexibility index (Phi) is 3.16. The zero-order chi connectivity index (χ0) is 11.4. The largest absolute Gasteiger partial charge is 0.303 e. The molecule has 1 heteroatoms. The van der Waals surface area contributed by atoms with Gasteiger partial charge in [0.15, 0.2) is 0 Å². The SMILES string of the molecule is C[C@H](C=O)c1ccc(-c2ccccc2)cc1. The molecule has 1 atom stereocenters. The van der Waals surface area contributed by atoms with E-state index in [-0.39, 0.29) is 5.92 Å². The number of hydrogen-bond acceptors (Lipinski definition) is 1. The summed E-state index contributed by atoms with van der Waals surface area (Å²) in [7, 11) is 0. The minimum atomic E-state index is -0.0233. The van der Waals surface area contributed by atoms with Gasteiger partial charge in [-0.25, -0.2) is 0 Å². The molecular weight excluding hydrogens is 196 g/mol. The number of carbonyl (C=O) groups is 1. The summed E-state index contributed by atoms with van der Waals surface area (Å²) in [5.74, 6) is -0.0233. The van der Waals surface area contributed by atoms with Gasteiger partial charge < -0.3 is 4.79 Å². The molecule has 2 aromatic carbocycles. The first-order valence-corrected chi connectivity index (χ1v) is 5.42. The summed E-state index contributed by atoms with van der Waals surface area (Å²) >= 11 is 0. The monoisotopic (exact) mass is 210 g/mol. The van der Waals surface area contributed by atoms with Gasteiger partial charge >= 0.3 is 0 Å². The summed E-state index contributed by atoms with van der Waals surface area (Å²) in [5.41, 5.74) is 3.45. The molecule has 0 saturated carbocycles. The molecule has 0 unspecified atom stereocenters. The van der Waals surface area contributed by atoms with Crippen molar-refractivity contribution in [1.29, 1.82) is 0 Å². The molecule has 0 saturated heterocycles. The van der Waals surface area contributed by atoms with Crippen LogP contribution in [-0.4, -0.2) is 6.29 Å². The van der Waals surface area contributed by atoms with Gasteiger partial charge in [-0.15, -0.1) is 0 Å². The molecule has 0 spiro atoms. The van der Waals surface area contributed by atoms with Crippen molar-refractivity contribution < 1.29 is 4.79 Å². The third-order valence-electron chi connectivity index (χ3n) is 2.75. The second kappa shape index (κ2) is 4.75. The van der Waals surface area contributed by atoms with Gasteiger partial charge in [-0.3, -0.25) is 0 Å². The minimum Gasteiger partial charge on any atom is -0.303 e. The molecule has 0 aliphatic heterocycles. The van der Waals surface area contributed by atoms with Gasteiger partial charge in [0.25, 0.3) is 0 Å². The van der Waals surface area contributed by atoms with Crippen molar-refractivity contribution in [3.63, 3.8) is 0 Å². The zero-order valence-corrected chi connectivity index (χ0v) is 9.26. The van der Waals surface area contributed by atoms with Crippen LogP contribution in [0.5, 0.6) is 0 Å². The van der Waals surface area contributed by atoms with Crippen LogP contribution in [0, 0.1) is 0 Å². The summed E-state index contributed by atoms with van der Waals surface area (Å²) in [6, 6.07) is 18.4. The van der Waals surface area contributed by atoms with E-state index in [1.807, 2.05) is 37.3 Å². The molecule has 0 heterocycles. The number of aldehydes is 1. The third kappa shape index (κ3) is 2.19. The highest BCUT2D eigenvalue weighted by atomic mass is 16.1. The average Bonchev–Trinajstić information content (AvgIpc) is 2.39. The molecule has 0 radical (unpaired) electrons. The van der Waals surface area contributed by atoms with E-state index in [1.165, 1.54) is 11.1 Å². The lowest BCUT2D eigenvalue weighted by Gasteiger charge is -2.06. The van der Waals surface area contributed by atoms with Gasteiger partial charge in [0, 0.05) is 5.92 Å². The van der Waals surface area contributed by atoms with Gasteiger partial charge in [0.1, 0.15) is 6.29 Å². The molecule has 80 valence electrons. The van der Waals surface area contributed by atoms with E-state index < -0.39 is 0 Å². The molecule has 0 aliphatic carbocycles. The second-order valence-corrected chi connectivity index (χ2v) is 3.91. The standard InChI is InChI=1S/C15H14O/c1-12(11-16)13-7-9-15(10-8-13)14-5-3-2-4-6-14/h2-12H,1H3/t12-/m1/s1. The van der Waals surface area contributed by atoms with Crippen LogP contribution >= 0.6 is 0 Å². The lowest BCUT2D eigenvalue weighted by molar-refractivity contribution is -0.108. The molecule has 0 amide bonds. The highest BCUT2D eigenvalue weighted by Crippen LogP contribution is 2.21. The Morgan fingerprint density at radius 1 is 0.875 bits per heavy atom. The molecule has 0 aromatic heterocycles. The van der Waals surface area contributed by atoms with Gasteiger partial charge in [-0.05, 0) is 16.7 Å². The maximum absolute atomic E-state index is 10.7. The minimum absolute atomic E-state index is 0.0233. The number of hydrogen-bond donors (Lipinski definition) is 0. The van der Waals surface area contributed by atoms with Gasteiger partial charge in [0.05, 0.1) is 0 Å². The number of rotatable bonds is 3. The fourth-order valence-corrected chi connectivity index (χ4v) is 1.69. The van der Waals surface area contributed by atoms with Gasteiger partial charge in [-0.1, -0.05) is 61.5 Å². The molecule has 0 bridgehead atoms. The molecule has 2 aromatic rings. The molecule has 0 fully saturated rings. The van der Waals surface area contributed by atoms with Crippen molar-refractivity contribution in [2.24, 2.45) is 0 Å². The maximum Gasteiger partial charge on any atom is 0.127 e. The predicted octanol–water partition coefficient (Wildman–Crippen LogP) is 3.66. The molecular formula is C15H14O. The van der Waals surface area contributed by atoms with Crippen LogP contribution in [0.2, 0.25) is 0 Å². The van der Waals surface area contributed by atoms with E-state index in [4.69, 9.17) is 0 Å². The van der Waals surface area contributed by atoms with Crippen LogP contribution in [0.3, 0.4) is 0 Å². The summed E-state index contributed by atoms with van der Waals surface area (Å²) in [6.45, 7) is 1.91. The van der Waals surface area contributed by atoms with E-state index in [2.05, 4.69) is 24.3 Å². The number of benzene rings is 2. The predicted molar refractivity (Wildman–Crippen MR) is 66.4 cm³/mol. The molecule has 1 nitrogen and oxygen atoms in total. The lowest BCUT2D eigenvalue weighted by atomic mass is 9.98. The normalized spacial score (nSPS) is 12.1. The van der Waals surface area contributed by atoms with Crippen LogP contribution < -0.4 is 0 Å². The van der Waals surface area contributed by atoms with Crippen LogP contribution in [0.1, 0.15) is 18.4 Å². The first kappa shape index (κ1) is 10.6. The smallest absolute Gasteiger partial charge is 0.127 e. The van der Waals surface area contributed by atoms with Crippen molar-refractivity contribution in [3.05, 3.63) is 60.2 Å². The van der Waals surface area contributed by atoms with Crippen molar-refractivity contribution >= 4 is 6.29 Å². The highest BCUT2D eigenvalue weighted by molar-refractivity contribution is 5.66. The van der Waals surface area contributed by atoms with Crippen molar-refractivity contribution in [2.45, 2.75) is 12.8 Å². The first-order valence-electron chi connectivity index (χ1n) is 5.42. The second-order valence-electron chi connectivity index (χ2n) is 3.91. The first-order chi connectivity index (χ1) is 7.81. The number of carbonyl (C=O) groups excluding carboxylic acids is 1. The molecule has 2 rings (SSSR count). The van der Waals surface area contributed by atoms with Gasteiger partial charge in [-0.2, -0.15) is 0 Å². The van der Waals surface area contributed by atoms with Crippen molar-refractivity contribution in [2.75, 3.05) is 0 Å². The zero-order valence-electron chi connectivity index (χ0n) is 9.26. The summed E-state index contributed by atoms with van der Waals surface area (Å²) in [5, 5.41) is 0. The Morgan fingerprint density at radius 3 is 2.00 bits per heavy atom. The van der Waals surface area contributed by atoms with Crippen LogP contribution in [-0.2, 0) is 4.79 Å². The Hall–Kier alpha value is -1.89. The Labute approximate surface area is 95.7 Å². The average molecular weight is 210 g/mol. The maximum atomic E-state index is 10.7. The van der Waals surface area contributed by atoms with Crippen LogP contribution in [0.25, 0.3) is 11.1 Å². The Balaban J connectivity index is 2.30. The quantitative estimate of drug-likeness (QED) is 0.706. The van der Waals surface area contributed by atoms with E-state index in [9.17, 15) is 4.79 Å². The van der Waals surface area contributed by atoms with Crippen molar-refractivity contribution in [1.82, 2.24) is 0 Å². The Morgan fingerprint density at radius 2 is 1.44 bits per heavy atom. The van der Waals surface area contributed by atoms with E-state index in [1.54, 1.807) is 0 Å². The molecule has 0 N–H and O–H groups in total.